The van der Waals surface area contributed by atoms with Crippen LogP contribution in [0.5, 0.6) is 0 Å². The highest BCUT2D eigenvalue weighted by molar-refractivity contribution is 5.75. The molecule has 0 saturated carbocycles. The predicted octanol–water partition coefficient (Wildman–Crippen LogP) is 0.266. The monoisotopic (exact) mass is 201 g/mol. The van der Waals surface area contributed by atoms with Gasteiger partial charge in [-0.25, -0.2) is 9.97 Å². The molecule has 0 unspecified atom stereocenters. The number of rotatable bonds is 1. The van der Waals surface area contributed by atoms with E-state index in [1.807, 2.05) is 19.0 Å². The van der Waals surface area contributed by atoms with Crippen LogP contribution in [0.3, 0.4) is 0 Å². The summed E-state index contributed by atoms with van der Waals surface area (Å²) >= 11 is 0. The van der Waals surface area contributed by atoms with Crippen molar-refractivity contribution in [2.24, 2.45) is 0 Å². The van der Waals surface area contributed by atoms with E-state index in [0.717, 1.165) is 11.2 Å². The number of fused-ring (bicyclic) bond motifs is 1. The molecular formula is C10H11N5. The molecule has 1 N–H and O–H groups in total. The lowest BCUT2D eigenvalue weighted by Crippen LogP contribution is -2.10. The van der Waals surface area contributed by atoms with Crippen LogP contribution in [0.25, 0.3) is 11.2 Å². The van der Waals surface area contributed by atoms with Crippen molar-refractivity contribution in [3.05, 3.63) is 18.1 Å². The van der Waals surface area contributed by atoms with E-state index in [9.17, 15) is 0 Å². The van der Waals surface area contributed by atoms with Gasteiger partial charge in [-0.1, -0.05) is 5.92 Å². The van der Waals surface area contributed by atoms with Crippen molar-refractivity contribution in [1.82, 2.24) is 25.1 Å². The average Bonchev–Trinajstić information content (AvgIpc) is 2.62. The van der Waals surface area contributed by atoms with Crippen molar-refractivity contribution >= 4 is 11.2 Å². The Morgan fingerprint density at radius 2 is 2.13 bits per heavy atom. The number of nitrogens with zero attached hydrogens (tertiary/aromatic N) is 4. The van der Waals surface area contributed by atoms with Gasteiger partial charge < -0.3 is 0 Å². The molecule has 0 atom stereocenters. The van der Waals surface area contributed by atoms with Crippen molar-refractivity contribution in [2.45, 2.75) is 0 Å². The molecule has 5 heteroatoms. The zero-order valence-electron chi connectivity index (χ0n) is 8.65. The third-order valence-corrected chi connectivity index (χ3v) is 1.80. The molecule has 76 valence electrons. The molecule has 0 aromatic carbocycles. The summed E-state index contributed by atoms with van der Waals surface area (Å²) in [5.74, 6) is 6.00. The second-order valence-corrected chi connectivity index (χ2v) is 3.37. The second kappa shape index (κ2) is 4.07. The number of H-pyrrole nitrogens is 1. The Kier molecular flexibility index (Phi) is 2.61. The quantitative estimate of drug-likeness (QED) is 0.673. The van der Waals surface area contributed by atoms with Crippen molar-refractivity contribution in [3.63, 3.8) is 0 Å². The van der Waals surface area contributed by atoms with Gasteiger partial charge in [-0.05, 0) is 20.0 Å². The summed E-state index contributed by atoms with van der Waals surface area (Å²) in [7, 11) is 3.94. The van der Waals surface area contributed by atoms with Crippen LogP contribution in [0.2, 0.25) is 0 Å². The molecule has 2 aromatic heterocycles. The number of nitrogens with one attached hydrogen (secondary N) is 1. The van der Waals surface area contributed by atoms with Crippen molar-refractivity contribution in [3.8, 4) is 11.8 Å². The largest absolute Gasteiger partial charge is 0.299 e. The lowest BCUT2D eigenvalue weighted by Gasteiger charge is -2.00. The fourth-order valence-electron chi connectivity index (χ4n) is 1.12. The molecule has 2 rings (SSSR count). The van der Waals surface area contributed by atoms with Gasteiger partial charge in [0.25, 0.3) is 0 Å². The first-order valence-electron chi connectivity index (χ1n) is 4.56. The van der Waals surface area contributed by atoms with Gasteiger partial charge in [-0.2, -0.15) is 5.10 Å². The Labute approximate surface area is 87.5 Å². The molecule has 0 radical (unpaired) electrons. The zero-order valence-corrected chi connectivity index (χ0v) is 8.65. The van der Waals surface area contributed by atoms with Crippen LogP contribution in [-0.4, -0.2) is 45.7 Å². The minimum atomic E-state index is 0.603. The summed E-state index contributed by atoms with van der Waals surface area (Å²) in [5, 5.41) is 6.82. The molecular weight excluding hydrogens is 190 g/mol. The lowest BCUT2D eigenvalue weighted by molar-refractivity contribution is 0.464. The number of aromatic nitrogens is 4. The molecule has 5 nitrogen and oxygen atoms in total. The fourth-order valence-corrected chi connectivity index (χ4v) is 1.12. The minimum absolute atomic E-state index is 0.603. The Morgan fingerprint density at radius 1 is 1.33 bits per heavy atom. The molecule has 0 saturated heterocycles. The summed E-state index contributed by atoms with van der Waals surface area (Å²) in [4.78, 5) is 10.2. The predicted molar refractivity (Wildman–Crippen MR) is 57.1 cm³/mol. The third kappa shape index (κ3) is 2.11. The molecule has 2 aromatic rings. The summed E-state index contributed by atoms with van der Waals surface area (Å²) in [5.41, 5.74) is 2.05. The van der Waals surface area contributed by atoms with E-state index in [4.69, 9.17) is 0 Å². The highest BCUT2D eigenvalue weighted by Crippen LogP contribution is 2.07. The first kappa shape index (κ1) is 9.62. The highest BCUT2D eigenvalue weighted by Gasteiger charge is 2.03. The van der Waals surface area contributed by atoms with Crippen molar-refractivity contribution in [2.75, 3.05) is 20.6 Å². The highest BCUT2D eigenvalue weighted by atomic mass is 15.2. The SMILES string of the molecule is CN(C)CC#Cc1[nH]nc2nccnc12. The summed E-state index contributed by atoms with van der Waals surface area (Å²) < 4.78 is 0. The van der Waals surface area contributed by atoms with E-state index in [0.29, 0.717) is 12.2 Å². The average molecular weight is 201 g/mol. The van der Waals surface area contributed by atoms with E-state index >= 15 is 0 Å². The maximum Gasteiger partial charge on any atom is 0.200 e. The van der Waals surface area contributed by atoms with E-state index in [1.165, 1.54) is 0 Å². The molecule has 0 aliphatic rings. The smallest absolute Gasteiger partial charge is 0.200 e. The Hall–Kier alpha value is -1.93. The molecule has 0 spiro atoms. The minimum Gasteiger partial charge on any atom is -0.299 e. The third-order valence-electron chi connectivity index (χ3n) is 1.80. The van der Waals surface area contributed by atoms with Gasteiger partial charge in [-0.15, -0.1) is 0 Å². The van der Waals surface area contributed by atoms with Crippen molar-refractivity contribution < 1.29 is 0 Å². The number of hydrogen-bond acceptors (Lipinski definition) is 4. The molecule has 15 heavy (non-hydrogen) atoms. The van der Waals surface area contributed by atoms with E-state index in [-0.39, 0.29) is 0 Å². The Morgan fingerprint density at radius 3 is 2.93 bits per heavy atom. The van der Waals surface area contributed by atoms with Crippen LogP contribution in [-0.2, 0) is 0 Å². The summed E-state index contributed by atoms with van der Waals surface area (Å²) in [6, 6.07) is 0. The first-order chi connectivity index (χ1) is 7.27. The molecule has 0 aliphatic carbocycles. The molecule has 2 heterocycles. The van der Waals surface area contributed by atoms with Gasteiger partial charge in [0.05, 0.1) is 6.54 Å². The first-order valence-corrected chi connectivity index (χ1v) is 4.56. The zero-order chi connectivity index (χ0) is 10.7. The Balaban J connectivity index is 2.31. The van der Waals surface area contributed by atoms with Crippen molar-refractivity contribution in [1.29, 1.82) is 0 Å². The van der Waals surface area contributed by atoms with Gasteiger partial charge in [-0.3, -0.25) is 10.00 Å². The number of aromatic amines is 1. The van der Waals surface area contributed by atoms with Crippen LogP contribution < -0.4 is 0 Å². The van der Waals surface area contributed by atoms with Gasteiger partial charge >= 0.3 is 0 Å². The van der Waals surface area contributed by atoms with Gasteiger partial charge in [0.15, 0.2) is 0 Å². The summed E-state index contributed by atoms with van der Waals surface area (Å²) in [6.45, 7) is 0.709. The topological polar surface area (TPSA) is 57.7 Å². The standard InChI is InChI=1S/C10H11N5/c1-15(2)7-3-4-8-9-10(14-13-8)12-6-5-11-9/h5-6H,7H2,1-2H3,(H,12,13,14). The molecule has 0 amide bonds. The van der Waals surface area contributed by atoms with Gasteiger partial charge in [0.1, 0.15) is 11.2 Å². The van der Waals surface area contributed by atoms with E-state index in [2.05, 4.69) is 32.0 Å². The second-order valence-electron chi connectivity index (χ2n) is 3.37. The number of hydrogen-bond donors (Lipinski definition) is 1. The molecule has 0 aliphatic heterocycles. The Bertz CT molecular complexity index is 517. The van der Waals surface area contributed by atoms with Crippen LogP contribution in [0.1, 0.15) is 5.69 Å². The maximum absolute atomic E-state index is 4.17. The van der Waals surface area contributed by atoms with E-state index < -0.39 is 0 Å². The van der Waals surface area contributed by atoms with Crippen LogP contribution in [0.15, 0.2) is 12.4 Å². The van der Waals surface area contributed by atoms with E-state index in [1.54, 1.807) is 12.4 Å². The van der Waals surface area contributed by atoms with Crippen LogP contribution >= 0.6 is 0 Å². The molecule has 0 bridgehead atoms. The van der Waals surface area contributed by atoms with Gasteiger partial charge in [0.2, 0.25) is 5.65 Å². The maximum atomic E-state index is 4.17. The van der Waals surface area contributed by atoms with Gasteiger partial charge in [0, 0.05) is 12.4 Å². The lowest BCUT2D eigenvalue weighted by atomic mass is 10.3. The van der Waals surface area contributed by atoms with Crippen LogP contribution in [0, 0.1) is 11.8 Å². The molecule has 0 fully saturated rings. The fraction of sp³-hybridized carbons (Fsp3) is 0.300. The normalized spacial score (nSPS) is 10.3. The summed E-state index contributed by atoms with van der Waals surface area (Å²) in [6.07, 6.45) is 3.25. The van der Waals surface area contributed by atoms with Crippen LogP contribution in [0.4, 0.5) is 0 Å².